The number of hydrogen-bond acceptors (Lipinski definition) is 8. The Hall–Kier alpha value is -3.93. The van der Waals surface area contributed by atoms with E-state index in [0.29, 0.717) is 57.7 Å². The summed E-state index contributed by atoms with van der Waals surface area (Å²) in [6.45, 7) is 5.20. The molecule has 1 saturated carbocycles. The van der Waals surface area contributed by atoms with E-state index in [0.717, 1.165) is 31.9 Å². The van der Waals surface area contributed by atoms with Crippen LogP contribution in [0.2, 0.25) is 5.02 Å². The highest BCUT2D eigenvalue weighted by Gasteiger charge is 2.59. The van der Waals surface area contributed by atoms with Gasteiger partial charge in [0.1, 0.15) is 28.6 Å². The number of rotatable bonds is 8. The molecule has 5 atom stereocenters. The monoisotopic (exact) mass is 620 g/mol. The molecule has 8 rings (SSSR count). The van der Waals surface area contributed by atoms with Gasteiger partial charge in [0.05, 0.1) is 42.4 Å². The van der Waals surface area contributed by atoms with Gasteiger partial charge in [0.25, 0.3) is 5.79 Å². The second-order valence-electron chi connectivity index (χ2n) is 12.1. The number of benzene rings is 2. The Morgan fingerprint density at radius 3 is 2.66 bits per heavy atom. The molecule has 2 saturated heterocycles. The van der Waals surface area contributed by atoms with Gasteiger partial charge in [-0.15, -0.1) is 0 Å². The van der Waals surface area contributed by atoms with Gasteiger partial charge in [-0.1, -0.05) is 11.6 Å². The van der Waals surface area contributed by atoms with Crippen LogP contribution in [0, 0.1) is 17.7 Å². The van der Waals surface area contributed by atoms with Gasteiger partial charge in [0, 0.05) is 38.4 Å². The second-order valence-corrected chi connectivity index (χ2v) is 12.6. The van der Waals surface area contributed by atoms with Crippen LogP contribution in [0.5, 0.6) is 17.2 Å². The number of carboxylic acids is 1. The van der Waals surface area contributed by atoms with Crippen LogP contribution in [0.1, 0.15) is 46.7 Å². The number of nitrogens with zero attached hydrogens (tertiary/aromatic N) is 4. The van der Waals surface area contributed by atoms with E-state index in [1.807, 2.05) is 0 Å². The van der Waals surface area contributed by atoms with Crippen molar-refractivity contribution in [2.45, 2.75) is 44.2 Å². The summed E-state index contributed by atoms with van der Waals surface area (Å²) in [5, 5.41) is 10.2. The topological polar surface area (TPSA) is 108 Å². The standard InChI is InChI=1S/C32H30ClFN4O6/c1-32(25-6-3-17(33)11-35-25)43-23-5-4-21(34)28(30(23)44-32)27-19-13-37(14-20(19)27)15-26-36-29-22(38(26)12-18-7-8-42-18)9-16(31(39)40)10-24(29)41-2/h3-6,9-11,18-20,27H,7-8,12-15H2,1-2H3,(H,39,40)/t18-,19-,20+,27?,32?/m0/s1. The van der Waals surface area contributed by atoms with Crippen molar-refractivity contribution in [3.05, 3.63) is 76.1 Å². The average Bonchev–Trinajstić information content (AvgIpc) is 3.28. The van der Waals surface area contributed by atoms with E-state index in [1.165, 1.54) is 25.4 Å². The molecule has 1 N–H and O–H groups in total. The summed E-state index contributed by atoms with van der Waals surface area (Å²) in [5.41, 5.74) is 2.61. The van der Waals surface area contributed by atoms with Gasteiger partial charge in [0.15, 0.2) is 11.5 Å². The summed E-state index contributed by atoms with van der Waals surface area (Å²) in [4.78, 5) is 23.5. The number of aromatic carboxylic acids is 1. The zero-order valence-electron chi connectivity index (χ0n) is 24.1. The third-order valence-corrected chi connectivity index (χ3v) is 9.64. The molecule has 4 aliphatic rings. The summed E-state index contributed by atoms with van der Waals surface area (Å²) in [7, 11) is 1.52. The first-order valence-electron chi connectivity index (χ1n) is 14.7. The number of likely N-dealkylation sites (tertiary alicyclic amines) is 1. The first kappa shape index (κ1) is 27.6. The lowest BCUT2D eigenvalue weighted by molar-refractivity contribution is -0.0721. The van der Waals surface area contributed by atoms with Crippen LogP contribution in [0.4, 0.5) is 4.39 Å². The van der Waals surface area contributed by atoms with Crippen LogP contribution in [0.25, 0.3) is 11.0 Å². The molecule has 4 aromatic rings. The summed E-state index contributed by atoms with van der Waals surface area (Å²) in [6, 6.07) is 9.69. The smallest absolute Gasteiger partial charge is 0.335 e. The first-order chi connectivity index (χ1) is 21.2. The van der Waals surface area contributed by atoms with E-state index < -0.39 is 11.8 Å². The number of pyridine rings is 1. The zero-order chi connectivity index (χ0) is 30.3. The quantitative estimate of drug-likeness (QED) is 0.284. The number of methoxy groups -OCH3 is 1. The molecular formula is C32H30ClFN4O6. The first-order valence-corrected chi connectivity index (χ1v) is 15.1. The fourth-order valence-corrected chi connectivity index (χ4v) is 7.18. The maximum Gasteiger partial charge on any atom is 0.335 e. The van der Waals surface area contributed by atoms with Crippen LogP contribution >= 0.6 is 11.6 Å². The number of aromatic nitrogens is 3. The highest BCUT2D eigenvalue weighted by Crippen LogP contribution is 2.63. The maximum absolute atomic E-state index is 15.4. The van der Waals surface area contributed by atoms with Crippen LogP contribution in [0.3, 0.4) is 0 Å². The zero-order valence-corrected chi connectivity index (χ0v) is 24.9. The SMILES string of the molecule is COc1cc(C(=O)O)cc2c1nc(CN1C[C@@H]3C(c4c(F)ccc5c4OC(C)(c4ccc(Cl)cn4)O5)[C@@H]3C1)n2C[C@@H]1CCO1. The van der Waals surface area contributed by atoms with Gasteiger partial charge < -0.3 is 28.6 Å². The van der Waals surface area contributed by atoms with Crippen LogP contribution < -0.4 is 14.2 Å². The molecule has 228 valence electrons. The fraction of sp³-hybridized carbons (Fsp3) is 0.406. The molecule has 12 heteroatoms. The molecule has 1 aliphatic carbocycles. The highest BCUT2D eigenvalue weighted by atomic mass is 35.5. The minimum atomic E-state index is -1.18. The van der Waals surface area contributed by atoms with E-state index >= 15 is 4.39 Å². The molecule has 3 fully saturated rings. The Labute approximate surface area is 257 Å². The number of carbonyl (C=O) groups is 1. The minimum Gasteiger partial charge on any atom is -0.494 e. The molecule has 2 aromatic heterocycles. The van der Waals surface area contributed by atoms with E-state index in [2.05, 4.69) is 14.5 Å². The lowest BCUT2D eigenvalue weighted by atomic mass is 10.0. The van der Waals surface area contributed by atoms with E-state index in [-0.39, 0.29) is 35.2 Å². The minimum absolute atomic E-state index is 0.0192. The molecular weight excluding hydrogens is 591 g/mol. The van der Waals surface area contributed by atoms with Crippen molar-refractivity contribution in [3.63, 3.8) is 0 Å². The third-order valence-electron chi connectivity index (χ3n) is 9.41. The Morgan fingerprint density at radius 1 is 1.20 bits per heavy atom. The van der Waals surface area contributed by atoms with Crippen LogP contribution in [-0.2, 0) is 23.6 Å². The van der Waals surface area contributed by atoms with Gasteiger partial charge in [0.2, 0.25) is 0 Å². The lowest BCUT2D eigenvalue weighted by Crippen LogP contribution is -2.33. The van der Waals surface area contributed by atoms with Crippen molar-refractivity contribution in [1.29, 1.82) is 0 Å². The molecule has 10 nitrogen and oxygen atoms in total. The summed E-state index contributed by atoms with van der Waals surface area (Å²) < 4.78 is 41.2. The molecule has 0 radical (unpaired) electrons. The number of carboxylic acid groups (broad SMARTS) is 1. The number of fused-ring (bicyclic) bond motifs is 3. The van der Waals surface area contributed by atoms with Crippen LogP contribution in [-0.4, -0.2) is 63.4 Å². The number of piperidine rings is 1. The third kappa shape index (κ3) is 4.40. The molecule has 2 unspecified atom stereocenters. The molecule has 0 bridgehead atoms. The molecule has 3 aliphatic heterocycles. The predicted molar refractivity (Wildman–Crippen MR) is 157 cm³/mol. The number of imidazole rings is 1. The van der Waals surface area contributed by atoms with E-state index in [4.69, 9.17) is 35.5 Å². The van der Waals surface area contributed by atoms with E-state index in [9.17, 15) is 9.90 Å². The normalized spacial score (nSPS) is 26.9. The summed E-state index contributed by atoms with van der Waals surface area (Å²) in [5.74, 6) is 0.241. The predicted octanol–water partition coefficient (Wildman–Crippen LogP) is 5.21. The van der Waals surface area contributed by atoms with Crippen molar-refractivity contribution < 1.29 is 33.2 Å². The van der Waals surface area contributed by atoms with Crippen LogP contribution in [0.15, 0.2) is 42.6 Å². The molecule has 44 heavy (non-hydrogen) atoms. The molecule has 0 amide bonds. The maximum atomic E-state index is 15.4. The average molecular weight is 621 g/mol. The van der Waals surface area contributed by atoms with Crippen molar-refractivity contribution >= 4 is 28.6 Å². The molecule has 5 heterocycles. The fourth-order valence-electron chi connectivity index (χ4n) is 7.07. The van der Waals surface area contributed by atoms with Crippen molar-refractivity contribution in [3.8, 4) is 17.2 Å². The van der Waals surface area contributed by atoms with Crippen molar-refractivity contribution in [1.82, 2.24) is 19.4 Å². The second kappa shape index (κ2) is 10.0. The number of hydrogen-bond donors (Lipinski definition) is 1. The van der Waals surface area contributed by atoms with E-state index in [1.54, 1.807) is 31.2 Å². The van der Waals surface area contributed by atoms with Crippen molar-refractivity contribution in [2.75, 3.05) is 26.8 Å². The Morgan fingerprint density at radius 2 is 2.00 bits per heavy atom. The number of halogens is 2. The lowest BCUT2D eigenvalue weighted by Gasteiger charge is -2.28. The summed E-state index contributed by atoms with van der Waals surface area (Å²) in [6.07, 6.45) is 2.53. The Kier molecular flexibility index (Phi) is 6.30. The summed E-state index contributed by atoms with van der Waals surface area (Å²) >= 11 is 6.02. The van der Waals surface area contributed by atoms with Gasteiger partial charge in [-0.3, -0.25) is 9.88 Å². The van der Waals surface area contributed by atoms with Gasteiger partial charge >= 0.3 is 5.97 Å². The van der Waals surface area contributed by atoms with Gasteiger partial charge in [-0.25, -0.2) is 14.2 Å². The van der Waals surface area contributed by atoms with Gasteiger partial charge in [-0.2, -0.15) is 0 Å². The Balaban J connectivity index is 1.04. The van der Waals surface area contributed by atoms with Crippen molar-refractivity contribution in [2.24, 2.45) is 11.8 Å². The highest BCUT2D eigenvalue weighted by molar-refractivity contribution is 6.30. The van der Waals surface area contributed by atoms with Gasteiger partial charge in [-0.05, 0) is 60.6 Å². The molecule has 2 aromatic carbocycles. The molecule has 0 spiro atoms. The largest absolute Gasteiger partial charge is 0.494 e. The number of ether oxygens (including phenoxy) is 4. The Bertz CT molecular complexity index is 1800.